The number of hydrogen-bond donors (Lipinski definition) is 1. The maximum atomic E-state index is 12.5. The first-order chi connectivity index (χ1) is 11.3. The van der Waals surface area contributed by atoms with Crippen LogP contribution in [0.25, 0.3) is 11.5 Å². The van der Waals surface area contributed by atoms with Gasteiger partial charge in [0.1, 0.15) is 10.6 Å². The second-order valence-electron chi connectivity index (χ2n) is 6.09. The number of nitrogens with zero attached hydrogens (tertiary/aromatic N) is 3. The van der Waals surface area contributed by atoms with E-state index < -0.39 is 15.6 Å². The van der Waals surface area contributed by atoms with Crippen molar-refractivity contribution in [1.82, 2.24) is 14.4 Å². The fourth-order valence-electron chi connectivity index (χ4n) is 2.53. The van der Waals surface area contributed by atoms with Crippen LogP contribution in [0.15, 0.2) is 27.6 Å². The Morgan fingerprint density at radius 3 is 2.58 bits per heavy atom. The van der Waals surface area contributed by atoms with Crippen LogP contribution in [0.5, 0.6) is 5.75 Å². The number of methoxy groups -OCH3 is 1. The average molecular weight is 352 g/mol. The highest BCUT2D eigenvalue weighted by Crippen LogP contribution is 2.38. The van der Waals surface area contributed by atoms with E-state index in [0.717, 1.165) is 23.6 Å². The van der Waals surface area contributed by atoms with Gasteiger partial charge in [0.05, 0.1) is 12.6 Å². The maximum absolute atomic E-state index is 12.5. The number of sulfonamides is 1. The predicted octanol–water partition coefficient (Wildman–Crippen LogP) is 1.33. The largest absolute Gasteiger partial charge is 0.495 e. The van der Waals surface area contributed by atoms with Crippen molar-refractivity contribution >= 4 is 10.0 Å². The third-order valence-electron chi connectivity index (χ3n) is 4.29. The summed E-state index contributed by atoms with van der Waals surface area (Å²) >= 11 is 0. The summed E-state index contributed by atoms with van der Waals surface area (Å²) in [7, 11) is 0.667. The number of rotatable bonds is 5. The highest BCUT2D eigenvalue weighted by molar-refractivity contribution is 7.89. The molecule has 1 aromatic heterocycles. The van der Waals surface area contributed by atoms with Crippen molar-refractivity contribution < 1.29 is 17.7 Å². The van der Waals surface area contributed by atoms with E-state index in [1.54, 1.807) is 12.1 Å². The number of benzene rings is 1. The van der Waals surface area contributed by atoms with Gasteiger partial charge >= 0.3 is 0 Å². The first kappa shape index (κ1) is 16.9. The van der Waals surface area contributed by atoms with Gasteiger partial charge < -0.3 is 15.0 Å². The molecule has 1 aromatic carbocycles. The van der Waals surface area contributed by atoms with Gasteiger partial charge in [-0.25, -0.2) is 12.7 Å². The first-order valence-corrected chi connectivity index (χ1v) is 8.96. The van der Waals surface area contributed by atoms with Gasteiger partial charge in [0.15, 0.2) is 5.82 Å². The van der Waals surface area contributed by atoms with Crippen LogP contribution < -0.4 is 10.5 Å². The number of hydrogen-bond acceptors (Lipinski definition) is 7. The summed E-state index contributed by atoms with van der Waals surface area (Å²) in [5.74, 6) is 0.942. The molecular weight excluding hydrogens is 332 g/mol. The Labute approximate surface area is 140 Å². The van der Waals surface area contributed by atoms with Crippen molar-refractivity contribution in [3.05, 3.63) is 24.0 Å². The lowest BCUT2D eigenvalue weighted by Gasteiger charge is -2.34. The van der Waals surface area contributed by atoms with Gasteiger partial charge in [-0.15, -0.1) is 0 Å². The van der Waals surface area contributed by atoms with Crippen molar-refractivity contribution in [2.24, 2.45) is 5.73 Å². The molecule has 0 aliphatic heterocycles. The summed E-state index contributed by atoms with van der Waals surface area (Å²) in [5.41, 5.74) is 6.16. The Balaban J connectivity index is 2.04. The van der Waals surface area contributed by atoms with Crippen molar-refractivity contribution in [3.63, 3.8) is 0 Å². The van der Waals surface area contributed by atoms with Crippen LogP contribution in [0.2, 0.25) is 0 Å². The molecule has 3 rings (SSSR count). The Morgan fingerprint density at radius 1 is 1.33 bits per heavy atom. The van der Waals surface area contributed by atoms with Gasteiger partial charge in [0.25, 0.3) is 5.89 Å². The first-order valence-electron chi connectivity index (χ1n) is 7.52. The van der Waals surface area contributed by atoms with Crippen LogP contribution in [0.1, 0.15) is 25.1 Å². The van der Waals surface area contributed by atoms with E-state index in [9.17, 15) is 8.42 Å². The molecule has 2 aromatic rings. The third-order valence-corrected chi connectivity index (χ3v) is 6.12. The van der Waals surface area contributed by atoms with Crippen molar-refractivity contribution in [2.75, 3.05) is 21.2 Å². The SMILES string of the molecule is COc1ccc(-c2nc(C3(N)CCC3)no2)cc1S(=O)(=O)N(C)C. The summed E-state index contributed by atoms with van der Waals surface area (Å²) in [6, 6.07) is 4.71. The van der Waals surface area contributed by atoms with Crippen LogP contribution in [-0.2, 0) is 15.6 Å². The van der Waals surface area contributed by atoms with E-state index in [2.05, 4.69) is 10.1 Å². The Morgan fingerprint density at radius 2 is 2.04 bits per heavy atom. The zero-order chi connectivity index (χ0) is 17.5. The van der Waals surface area contributed by atoms with E-state index in [1.165, 1.54) is 27.3 Å². The lowest BCUT2D eigenvalue weighted by molar-refractivity contribution is 0.229. The quantitative estimate of drug-likeness (QED) is 0.864. The summed E-state index contributed by atoms with van der Waals surface area (Å²) in [4.78, 5) is 4.39. The van der Waals surface area contributed by atoms with Crippen molar-refractivity contribution in [2.45, 2.75) is 29.7 Å². The smallest absolute Gasteiger partial charge is 0.258 e. The van der Waals surface area contributed by atoms with Gasteiger partial charge in [0, 0.05) is 19.7 Å². The second kappa shape index (κ2) is 5.83. The normalized spacial score (nSPS) is 16.9. The molecule has 0 atom stereocenters. The molecule has 24 heavy (non-hydrogen) atoms. The van der Waals surface area contributed by atoms with Crippen LogP contribution in [0.4, 0.5) is 0 Å². The molecule has 0 radical (unpaired) electrons. The van der Waals surface area contributed by atoms with Gasteiger partial charge in [-0.05, 0) is 37.5 Å². The minimum Gasteiger partial charge on any atom is -0.495 e. The molecule has 0 unspecified atom stereocenters. The molecule has 9 heteroatoms. The molecular formula is C15H20N4O4S. The lowest BCUT2D eigenvalue weighted by atomic mass is 9.77. The molecule has 1 saturated carbocycles. The fraction of sp³-hybridized carbons (Fsp3) is 0.467. The van der Waals surface area contributed by atoms with Gasteiger partial charge in [0.2, 0.25) is 10.0 Å². The molecule has 1 fully saturated rings. The fourth-order valence-corrected chi connectivity index (χ4v) is 3.61. The summed E-state index contributed by atoms with van der Waals surface area (Å²) in [5, 5.41) is 3.95. The van der Waals surface area contributed by atoms with Crippen molar-refractivity contribution in [3.8, 4) is 17.2 Å². The highest BCUT2D eigenvalue weighted by Gasteiger charge is 2.39. The molecule has 1 heterocycles. The summed E-state index contributed by atoms with van der Waals surface area (Å²) in [6.45, 7) is 0. The van der Waals surface area contributed by atoms with E-state index in [-0.39, 0.29) is 16.5 Å². The Bertz CT molecular complexity index is 856. The molecule has 0 amide bonds. The van der Waals surface area contributed by atoms with Crippen molar-refractivity contribution in [1.29, 1.82) is 0 Å². The van der Waals surface area contributed by atoms with Crippen LogP contribution in [0, 0.1) is 0 Å². The maximum Gasteiger partial charge on any atom is 0.258 e. The molecule has 0 saturated heterocycles. The molecule has 8 nitrogen and oxygen atoms in total. The third kappa shape index (κ3) is 2.68. The number of aromatic nitrogens is 2. The minimum absolute atomic E-state index is 0.0401. The van der Waals surface area contributed by atoms with E-state index in [1.807, 2.05) is 0 Å². The molecule has 2 N–H and O–H groups in total. The second-order valence-corrected chi connectivity index (χ2v) is 8.21. The lowest BCUT2D eigenvalue weighted by Crippen LogP contribution is -2.44. The highest BCUT2D eigenvalue weighted by atomic mass is 32.2. The zero-order valence-corrected chi connectivity index (χ0v) is 14.6. The number of nitrogens with two attached hydrogens (primary N) is 1. The molecule has 1 aliphatic carbocycles. The Kier molecular flexibility index (Phi) is 4.10. The molecule has 0 spiro atoms. The van der Waals surface area contributed by atoms with Gasteiger partial charge in [-0.2, -0.15) is 4.98 Å². The summed E-state index contributed by atoms with van der Waals surface area (Å²) < 4.78 is 36.5. The number of ether oxygens (including phenoxy) is 1. The van der Waals surface area contributed by atoms with Crippen LogP contribution in [-0.4, -0.2) is 44.1 Å². The zero-order valence-electron chi connectivity index (χ0n) is 13.8. The molecule has 0 bridgehead atoms. The topological polar surface area (TPSA) is 112 Å². The van der Waals surface area contributed by atoms with Gasteiger partial charge in [-0.1, -0.05) is 5.16 Å². The Hall–Kier alpha value is -1.97. The van der Waals surface area contributed by atoms with E-state index in [4.69, 9.17) is 15.0 Å². The monoisotopic (exact) mass is 352 g/mol. The van der Waals surface area contributed by atoms with E-state index in [0.29, 0.717) is 11.4 Å². The van der Waals surface area contributed by atoms with Crippen LogP contribution in [0.3, 0.4) is 0 Å². The minimum atomic E-state index is -3.67. The van der Waals surface area contributed by atoms with Gasteiger partial charge in [-0.3, -0.25) is 0 Å². The summed E-state index contributed by atoms with van der Waals surface area (Å²) in [6.07, 6.45) is 2.66. The molecule has 130 valence electrons. The van der Waals surface area contributed by atoms with Crippen LogP contribution >= 0.6 is 0 Å². The standard InChI is InChI=1S/C15H20N4O4S/c1-19(2)24(20,21)12-9-10(5-6-11(12)22-3)13-17-14(18-23-13)15(16)7-4-8-15/h5-6,9H,4,7-8,16H2,1-3H3. The average Bonchev–Trinajstić information content (AvgIpc) is 3.02. The molecule has 1 aliphatic rings. The van der Waals surface area contributed by atoms with E-state index >= 15 is 0 Å². The predicted molar refractivity (Wildman–Crippen MR) is 86.9 cm³/mol.